The van der Waals surface area contributed by atoms with Crippen LogP contribution in [0.3, 0.4) is 0 Å². The van der Waals surface area contributed by atoms with Crippen molar-refractivity contribution >= 4 is 46.9 Å². The molecule has 1 heterocycles. The van der Waals surface area contributed by atoms with Crippen molar-refractivity contribution in [1.29, 1.82) is 0 Å². The van der Waals surface area contributed by atoms with Gasteiger partial charge in [-0.15, -0.1) is 0 Å². The van der Waals surface area contributed by atoms with Gasteiger partial charge in [0.05, 0.1) is 0 Å². The van der Waals surface area contributed by atoms with Crippen molar-refractivity contribution in [3.05, 3.63) is 45.6 Å². The predicted octanol–water partition coefficient (Wildman–Crippen LogP) is 3.97. The number of anilines is 1. The molecule has 28 heavy (non-hydrogen) atoms. The van der Waals surface area contributed by atoms with E-state index < -0.39 is 14.7 Å². The van der Waals surface area contributed by atoms with Gasteiger partial charge in [-0.3, -0.25) is 0 Å². The van der Waals surface area contributed by atoms with Crippen LogP contribution in [0.2, 0.25) is 11.4 Å². The monoisotopic (exact) mass is 506 g/mol. The molecule has 5 nitrogen and oxygen atoms in total. The zero-order valence-corrected chi connectivity index (χ0v) is 20.4. The van der Waals surface area contributed by atoms with E-state index in [1.54, 1.807) is 0 Å². The van der Waals surface area contributed by atoms with Gasteiger partial charge in [-0.2, -0.15) is 0 Å². The average molecular weight is 507 g/mol. The fraction of sp³-hybridized carbons (Fsp3) is 0.476. The van der Waals surface area contributed by atoms with Crippen LogP contribution in [0.5, 0.6) is 0 Å². The Morgan fingerprint density at radius 1 is 1.07 bits per heavy atom. The summed E-state index contributed by atoms with van der Waals surface area (Å²) in [5.41, 5.74) is 7.40. The Balaban J connectivity index is 1.53. The molecule has 1 fully saturated rings. The molecule has 1 aromatic heterocycles. The molecule has 0 radical (unpaired) electrons. The summed E-state index contributed by atoms with van der Waals surface area (Å²) in [5.74, 6) is 0.775. The summed E-state index contributed by atoms with van der Waals surface area (Å²) in [6.07, 6.45) is 3.96. The van der Waals surface area contributed by atoms with Gasteiger partial charge in [-0.25, -0.2) is 0 Å². The number of hydrogen-bond donors (Lipinski definition) is 2. The van der Waals surface area contributed by atoms with E-state index in [-0.39, 0.29) is 11.9 Å². The summed E-state index contributed by atoms with van der Waals surface area (Å²) >= 11 is 2.47. The van der Waals surface area contributed by atoms with Gasteiger partial charge in [-0.05, 0) is 18.6 Å². The molecule has 2 aromatic rings. The molecular formula is C21H28AsBrN4O. The van der Waals surface area contributed by atoms with Crippen molar-refractivity contribution in [2.24, 2.45) is 0 Å². The summed E-state index contributed by atoms with van der Waals surface area (Å²) in [5, 5.41) is 6.71. The molecule has 1 amide bonds. The molecule has 0 aliphatic heterocycles. The predicted molar refractivity (Wildman–Crippen MR) is 120 cm³/mol. The Morgan fingerprint density at radius 2 is 1.75 bits per heavy atom. The fourth-order valence-corrected chi connectivity index (χ4v) is 5.26. The minimum absolute atomic E-state index is 0.0146. The van der Waals surface area contributed by atoms with Gasteiger partial charge in [0.1, 0.15) is 0 Å². The molecule has 1 aliphatic rings. The van der Waals surface area contributed by atoms with Crippen molar-refractivity contribution in [2.75, 3.05) is 5.32 Å². The van der Waals surface area contributed by atoms with Crippen LogP contribution in [-0.2, 0) is 0 Å². The molecule has 1 aliphatic carbocycles. The van der Waals surface area contributed by atoms with Crippen LogP contribution < -0.4 is 15.1 Å². The van der Waals surface area contributed by atoms with Crippen LogP contribution in [0.4, 0.5) is 5.95 Å². The van der Waals surface area contributed by atoms with E-state index in [0.717, 1.165) is 52.9 Å². The van der Waals surface area contributed by atoms with E-state index in [1.807, 2.05) is 32.0 Å². The third kappa shape index (κ3) is 5.57. The molecule has 0 bridgehead atoms. The summed E-state index contributed by atoms with van der Waals surface area (Å²) in [6.45, 7) is 4.03. The molecule has 150 valence electrons. The molecule has 7 heteroatoms. The summed E-state index contributed by atoms with van der Waals surface area (Å²) in [4.78, 5) is 21.8. The van der Waals surface area contributed by atoms with Gasteiger partial charge in [0.15, 0.2) is 0 Å². The van der Waals surface area contributed by atoms with Crippen LogP contribution in [0.1, 0.15) is 47.3 Å². The van der Waals surface area contributed by atoms with Crippen LogP contribution in [0.25, 0.3) is 0 Å². The topological polar surface area (TPSA) is 66.9 Å². The van der Waals surface area contributed by atoms with Gasteiger partial charge < -0.3 is 0 Å². The Morgan fingerprint density at radius 3 is 2.39 bits per heavy atom. The van der Waals surface area contributed by atoms with Crippen molar-refractivity contribution in [2.45, 2.75) is 63.0 Å². The van der Waals surface area contributed by atoms with Crippen LogP contribution in [-0.4, -0.2) is 42.6 Å². The van der Waals surface area contributed by atoms with Crippen molar-refractivity contribution < 1.29 is 4.79 Å². The molecule has 0 saturated heterocycles. The van der Waals surface area contributed by atoms with Crippen molar-refractivity contribution in [3.63, 3.8) is 0 Å². The van der Waals surface area contributed by atoms with E-state index >= 15 is 0 Å². The van der Waals surface area contributed by atoms with E-state index in [9.17, 15) is 4.79 Å². The first-order valence-electron chi connectivity index (χ1n) is 9.68. The summed E-state index contributed by atoms with van der Waals surface area (Å²) < 4.78 is 2.24. The summed E-state index contributed by atoms with van der Waals surface area (Å²) in [7, 11) is 0. The molecule has 0 spiro atoms. The maximum absolute atomic E-state index is 12.5. The van der Waals surface area contributed by atoms with Gasteiger partial charge in [0, 0.05) is 4.47 Å². The van der Waals surface area contributed by atoms with Gasteiger partial charge in [0.2, 0.25) is 0 Å². The first-order chi connectivity index (χ1) is 13.3. The standard InChI is InChI=1S/C21H28AsBrN4O/c1-13-11-15(5-10-18(13)23)20(28)25-16-6-8-17(9-7-16)26-21-24-14(2)12-19(27-21)22(3)4/h5,10-12,16-17H,6-9H2,1-4H3,(H,25,28)(H,24,26,27). The number of carbonyl (C=O) groups excluding carboxylic acids is 1. The average Bonchev–Trinajstić information content (AvgIpc) is 2.65. The Labute approximate surface area is 180 Å². The molecule has 3 rings (SSSR count). The molecule has 1 saturated carbocycles. The maximum atomic E-state index is 12.5. The quantitative estimate of drug-likeness (QED) is 0.602. The zero-order valence-electron chi connectivity index (χ0n) is 16.9. The van der Waals surface area contributed by atoms with E-state index in [2.05, 4.69) is 49.0 Å². The fourth-order valence-electron chi connectivity index (χ4n) is 3.46. The number of carbonyl (C=O) groups is 1. The van der Waals surface area contributed by atoms with Crippen molar-refractivity contribution in [3.8, 4) is 0 Å². The number of hydrogen-bond acceptors (Lipinski definition) is 4. The van der Waals surface area contributed by atoms with Gasteiger partial charge >= 0.3 is 142 Å². The first-order valence-corrected chi connectivity index (χ1v) is 15.2. The molecule has 0 atom stereocenters. The third-order valence-electron chi connectivity index (χ3n) is 5.11. The van der Waals surface area contributed by atoms with Crippen LogP contribution >= 0.6 is 15.9 Å². The second-order valence-corrected chi connectivity index (χ2v) is 13.3. The number of aryl methyl sites for hydroxylation is 2. The Bertz CT molecular complexity index is 850. The number of halogens is 1. The van der Waals surface area contributed by atoms with Crippen LogP contribution in [0.15, 0.2) is 28.7 Å². The number of aromatic nitrogens is 2. The second-order valence-electron chi connectivity index (χ2n) is 7.72. The van der Waals surface area contributed by atoms with E-state index in [1.165, 1.54) is 4.48 Å². The minimum atomic E-state index is -1.01. The molecule has 1 aromatic carbocycles. The molecule has 0 unspecified atom stereocenters. The molecular weight excluding hydrogens is 479 g/mol. The number of benzene rings is 1. The van der Waals surface area contributed by atoms with Crippen molar-refractivity contribution in [1.82, 2.24) is 15.3 Å². The van der Waals surface area contributed by atoms with E-state index in [4.69, 9.17) is 4.98 Å². The number of rotatable bonds is 5. The SMILES string of the molecule is Cc1cc([As](C)C)nc(NC2CCC(NC(=O)c3ccc(Br)c(C)c3)CC2)n1. The Hall–Kier alpha value is -1.39. The summed E-state index contributed by atoms with van der Waals surface area (Å²) in [6, 6.07) is 8.43. The Kier molecular flexibility index (Phi) is 7.16. The van der Waals surface area contributed by atoms with E-state index in [0.29, 0.717) is 6.04 Å². The van der Waals surface area contributed by atoms with Gasteiger partial charge in [-0.1, -0.05) is 15.9 Å². The second kappa shape index (κ2) is 9.40. The number of nitrogens with zero attached hydrogens (tertiary/aromatic N) is 2. The zero-order chi connectivity index (χ0) is 20.3. The number of nitrogens with one attached hydrogen (secondary N) is 2. The normalized spacial score (nSPS) is 19.5. The first kappa shape index (κ1) is 21.3. The van der Waals surface area contributed by atoms with Crippen LogP contribution in [0, 0.1) is 13.8 Å². The number of amides is 1. The third-order valence-corrected chi connectivity index (χ3v) is 8.41. The molecule has 2 N–H and O–H groups in total. The van der Waals surface area contributed by atoms with Gasteiger partial charge in [0.25, 0.3) is 0 Å².